The topological polar surface area (TPSA) is 37.9 Å². The fourth-order valence-electron chi connectivity index (χ4n) is 3.83. The van der Waals surface area contributed by atoms with Gasteiger partial charge in [-0.3, -0.25) is 4.98 Å². The lowest BCUT2D eigenvalue weighted by atomic mass is 9.97. The molecule has 1 N–H and O–H groups in total. The van der Waals surface area contributed by atoms with E-state index in [0.717, 1.165) is 22.8 Å². The van der Waals surface area contributed by atoms with Gasteiger partial charge in [0.15, 0.2) is 0 Å². The number of aromatic nitrogens is 2. The molecule has 0 aliphatic heterocycles. The van der Waals surface area contributed by atoms with Crippen molar-refractivity contribution in [2.75, 3.05) is 18.6 Å². The minimum atomic E-state index is 0.375. The highest BCUT2D eigenvalue weighted by molar-refractivity contribution is 8.16. The van der Waals surface area contributed by atoms with Crippen molar-refractivity contribution in [2.45, 2.75) is 25.4 Å². The molecule has 27 heavy (non-hydrogen) atoms. The van der Waals surface area contributed by atoms with Gasteiger partial charge in [0, 0.05) is 34.1 Å². The maximum absolute atomic E-state index is 5.52. The Bertz CT molecular complexity index is 1110. The van der Waals surface area contributed by atoms with E-state index < -0.39 is 0 Å². The van der Waals surface area contributed by atoms with Gasteiger partial charge in [-0.2, -0.15) is 0 Å². The normalized spacial score (nSPS) is 11.9. The first-order valence-electron chi connectivity index (χ1n) is 9.28. The molecule has 0 spiro atoms. The Kier molecular flexibility index (Phi) is 5.24. The predicted octanol–water partition coefficient (Wildman–Crippen LogP) is 6.69. The van der Waals surface area contributed by atoms with Gasteiger partial charge in [-0.05, 0) is 59.2 Å². The van der Waals surface area contributed by atoms with Crippen LogP contribution in [0.5, 0.6) is 5.75 Å². The molecule has 5 heteroatoms. The third kappa shape index (κ3) is 3.07. The smallest absolute Gasteiger partial charge is 0.119 e. The summed E-state index contributed by atoms with van der Waals surface area (Å²) in [6.07, 6.45) is 3.93. The number of benzene rings is 2. The zero-order valence-corrected chi connectivity index (χ0v) is 17.8. The maximum Gasteiger partial charge on any atom is 0.119 e. The summed E-state index contributed by atoms with van der Waals surface area (Å²) in [5, 5.41) is 5.09. The monoisotopic (exact) mass is 396 g/mol. The Balaban J connectivity index is 2.19. The minimum absolute atomic E-state index is 0.375. The van der Waals surface area contributed by atoms with E-state index in [1.54, 1.807) is 7.11 Å². The molecular weight excluding hydrogens is 372 g/mol. The van der Waals surface area contributed by atoms with E-state index in [9.17, 15) is 0 Å². The lowest BCUT2D eigenvalue weighted by Crippen LogP contribution is -1.97. The first-order valence-corrected chi connectivity index (χ1v) is 11.4. The molecule has 140 valence electrons. The molecule has 0 saturated heterocycles. The van der Waals surface area contributed by atoms with Crippen LogP contribution >= 0.6 is 23.5 Å². The van der Waals surface area contributed by atoms with Crippen LogP contribution in [0.4, 0.5) is 0 Å². The van der Waals surface area contributed by atoms with Gasteiger partial charge in [-0.15, -0.1) is 23.5 Å². The Labute approximate surface area is 168 Å². The molecule has 0 radical (unpaired) electrons. The number of fused-ring (bicyclic) bond motifs is 4. The number of thioether (sulfide) groups is 2. The lowest BCUT2D eigenvalue weighted by Gasteiger charge is -2.20. The van der Waals surface area contributed by atoms with Crippen LogP contribution < -0.4 is 4.74 Å². The van der Waals surface area contributed by atoms with Gasteiger partial charge in [0.1, 0.15) is 5.75 Å². The van der Waals surface area contributed by atoms with Gasteiger partial charge in [0.2, 0.25) is 0 Å². The van der Waals surface area contributed by atoms with Crippen LogP contribution in [0, 0.1) is 6.92 Å². The predicted molar refractivity (Wildman–Crippen MR) is 121 cm³/mol. The fraction of sp³-hybridized carbons (Fsp3) is 0.318. The van der Waals surface area contributed by atoms with Crippen molar-refractivity contribution in [3.8, 4) is 5.75 Å². The van der Waals surface area contributed by atoms with Crippen molar-refractivity contribution in [3.63, 3.8) is 0 Å². The summed E-state index contributed by atoms with van der Waals surface area (Å²) in [6, 6.07) is 8.44. The van der Waals surface area contributed by atoms with E-state index in [0.29, 0.717) is 4.58 Å². The number of H-pyrrole nitrogens is 1. The fourth-order valence-corrected chi connectivity index (χ4v) is 6.46. The zero-order chi connectivity index (χ0) is 19.0. The summed E-state index contributed by atoms with van der Waals surface area (Å²) in [5.74, 6) is 3.06. The second-order valence-electron chi connectivity index (χ2n) is 6.49. The number of ether oxygens (including phenoxy) is 1. The summed E-state index contributed by atoms with van der Waals surface area (Å²) < 4.78 is 5.89. The highest BCUT2D eigenvalue weighted by Crippen LogP contribution is 2.48. The van der Waals surface area contributed by atoms with Crippen LogP contribution in [0.25, 0.3) is 32.6 Å². The van der Waals surface area contributed by atoms with Crippen molar-refractivity contribution in [1.82, 2.24) is 9.97 Å². The number of nitrogens with one attached hydrogen (secondary N) is 1. The molecule has 0 fully saturated rings. The zero-order valence-electron chi connectivity index (χ0n) is 16.1. The minimum Gasteiger partial charge on any atom is -0.497 e. The number of aromatic amines is 1. The third-order valence-corrected chi connectivity index (χ3v) is 7.60. The van der Waals surface area contributed by atoms with E-state index in [4.69, 9.17) is 4.74 Å². The van der Waals surface area contributed by atoms with E-state index in [-0.39, 0.29) is 0 Å². The molecule has 4 rings (SSSR count). The van der Waals surface area contributed by atoms with Crippen molar-refractivity contribution >= 4 is 56.1 Å². The van der Waals surface area contributed by atoms with E-state index >= 15 is 0 Å². The number of hydrogen-bond donors (Lipinski definition) is 1. The second kappa shape index (κ2) is 7.64. The average molecular weight is 397 g/mol. The molecule has 0 saturated carbocycles. The van der Waals surface area contributed by atoms with Crippen LogP contribution in [0.3, 0.4) is 0 Å². The molecule has 3 nitrogen and oxygen atoms in total. The molecular formula is C22H24N2OS2. The molecule has 0 amide bonds. The molecule has 2 aromatic carbocycles. The summed E-state index contributed by atoms with van der Waals surface area (Å²) in [7, 11) is 1.73. The van der Waals surface area contributed by atoms with Crippen LogP contribution in [0.15, 0.2) is 36.7 Å². The highest BCUT2D eigenvalue weighted by Gasteiger charge is 2.23. The average Bonchev–Trinajstić information content (AvgIpc) is 3.07. The lowest BCUT2D eigenvalue weighted by molar-refractivity contribution is 0.415. The van der Waals surface area contributed by atoms with Crippen LogP contribution in [-0.4, -0.2) is 28.6 Å². The van der Waals surface area contributed by atoms with E-state index in [2.05, 4.69) is 48.9 Å². The van der Waals surface area contributed by atoms with Gasteiger partial charge in [0.05, 0.1) is 17.2 Å². The Morgan fingerprint density at radius 2 is 1.85 bits per heavy atom. The quantitative estimate of drug-likeness (QED) is 0.368. The summed E-state index contributed by atoms with van der Waals surface area (Å²) in [6.45, 7) is 6.67. The third-order valence-electron chi connectivity index (χ3n) is 5.04. The Morgan fingerprint density at radius 3 is 2.56 bits per heavy atom. The Hall–Kier alpha value is -1.85. The number of hydrogen-bond acceptors (Lipinski definition) is 4. The van der Waals surface area contributed by atoms with Crippen LogP contribution in [0.2, 0.25) is 0 Å². The molecule has 2 aromatic heterocycles. The SMILES string of the molecule is CCSC(SCC)c1c2cnccc2c(C)c2[nH]c3ccc(OC)cc3c12. The molecule has 0 bridgehead atoms. The van der Waals surface area contributed by atoms with Gasteiger partial charge in [-0.1, -0.05) is 13.8 Å². The number of aryl methyl sites for hydroxylation is 1. The Morgan fingerprint density at radius 1 is 1.07 bits per heavy atom. The van der Waals surface area contributed by atoms with Crippen molar-refractivity contribution in [2.24, 2.45) is 0 Å². The molecule has 2 heterocycles. The van der Waals surface area contributed by atoms with Gasteiger partial charge < -0.3 is 9.72 Å². The van der Waals surface area contributed by atoms with Gasteiger partial charge in [0.25, 0.3) is 0 Å². The maximum atomic E-state index is 5.52. The summed E-state index contributed by atoms with van der Waals surface area (Å²) in [5.41, 5.74) is 5.05. The van der Waals surface area contributed by atoms with Crippen molar-refractivity contribution < 1.29 is 4.74 Å². The molecule has 0 atom stereocenters. The van der Waals surface area contributed by atoms with Crippen LogP contribution in [0.1, 0.15) is 29.6 Å². The first-order chi connectivity index (χ1) is 13.2. The number of nitrogens with zero attached hydrogens (tertiary/aromatic N) is 1. The van der Waals surface area contributed by atoms with Crippen molar-refractivity contribution in [1.29, 1.82) is 0 Å². The number of rotatable bonds is 6. The largest absolute Gasteiger partial charge is 0.497 e. The van der Waals surface area contributed by atoms with E-state index in [1.807, 2.05) is 42.0 Å². The van der Waals surface area contributed by atoms with E-state index in [1.165, 1.54) is 38.2 Å². The first kappa shape index (κ1) is 18.5. The molecule has 0 unspecified atom stereocenters. The summed E-state index contributed by atoms with van der Waals surface area (Å²) in [4.78, 5) is 8.14. The van der Waals surface area contributed by atoms with Crippen LogP contribution in [-0.2, 0) is 0 Å². The molecule has 0 aliphatic carbocycles. The second-order valence-corrected chi connectivity index (χ2v) is 9.55. The standard InChI is InChI=1S/C22H24N2OS2/c1-5-26-22(27-6-2)20-17-12-23-10-9-15(17)13(3)21-19(20)16-11-14(25-4)7-8-18(16)24-21/h7-12,22,24H,5-6H2,1-4H3. The summed E-state index contributed by atoms with van der Waals surface area (Å²) >= 11 is 4.00. The van der Waals surface area contributed by atoms with Crippen molar-refractivity contribution in [3.05, 3.63) is 47.8 Å². The molecule has 0 aliphatic rings. The van der Waals surface area contributed by atoms with Gasteiger partial charge in [-0.25, -0.2) is 0 Å². The number of pyridine rings is 1. The highest BCUT2D eigenvalue weighted by atomic mass is 32.2. The molecule has 4 aromatic rings. The van der Waals surface area contributed by atoms with Gasteiger partial charge >= 0.3 is 0 Å². The number of methoxy groups -OCH3 is 1.